The molecular weight excluding hydrogens is 275 g/mol. The van der Waals surface area contributed by atoms with Gasteiger partial charge in [-0.15, -0.1) is 0 Å². The van der Waals surface area contributed by atoms with Gasteiger partial charge in [0.1, 0.15) is 5.82 Å². The lowest BCUT2D eigenvalue weighted by atomic mass is 10.1. The average Bonchev–Trinajstić information content (AvgIpc) is 2.28. The molecule has 2 rings (SSSR count). The van der Waals surface area contributed by atoms with Crippen LogP contribution in [0.3, 0.4) is 0 Å². The number of benzene rings is 2. The lowest BCUT2D eigenvalue weighted by molar-refractivity contribution is 0.601. The van der Waals surface area contributed by atoms with E-state index >= 15 is 0 Å². The molecule has 0 N–H and O–H groups in total. The van der Waals surface area contributed by atoms with Crippen molar-refractivity contribution in [3.8, 4) is 11.1 Å². The molecule has 0 aliphatic carbocycles. The summed E-state index contributed by atoms with van der Waals surface area (Å²) < 4.78 is 35.8. The molecule has 0 saturated carbocycles. The van der Waals surface area contributed by atoms with Gasteiger partial charge in [0.15, 0.2) is 9.84 Å². The second-order valence-corrected chi connectivity index (χ2v) is 6.28. The van der Waals surface area contributed by atoms with Crippen molar-refractivity contribution in [1.82, 2.24) is 0 Å². The van der Waals surface area contributed by atoms with Gasteiger partial charge in [-0.05, 0) is 35.4 Å². The number of halogens is 2. The highest BCUT2D eigenvalue weighted by atomic mass is 35.5. The highest BCUT2D eigenvalue weighted by molar-refractivity contribution is 7.90. The van der Waals surface area contributed by atoms with Gasteiger partial charge in [-0.1, -0.05) is 23.7 Å². The van der Waals surface area contributed by atoms with Crippen LogP contribution in [-0.2, 0) is 9.84 Å². The zero-order chi connectivity index (χ0) is 13.3. The number of rotatable bonds is 2. The maximum absolute atomic E-state index is 12.8. The Hall–Kier alpha value is -1.39. The van der Waals surface area contributed by atoms with Gasteiger partial charge in [-0.3, -0.25) is 0 Å². The van der Waals surface area contributed by atoms with Gasteiger partial charge in [0.25, 0.3) is 0 Å². The SMILES string of the molecule is CS(=O)(=O)c1[c]c(-c2ccc(F)cc2)cc(Cl)c1. The van der Waals surface area contributed by atoms with Gasteiger partial charge in [0.2, 0.25) is 0 Å². The molecule has 0 spiro atoms. The van der Waals surface area contributed by atoms with Crippen molar-refractivity contribution in [2.75, 3.05) is 6.26 Å². The fraction of sp³-hybridized carbons (Fsp3) is 0.0769. The van der Waals surface area contributed by atoms with E-state index in [-0.39, 0.29) is 10.7 Å². The minimum absolute atomic E-state index is 0.0225. The van der Waals surface area contributed by atoms with E-state index in [2.05, 4.69) is 6.07 Å². The first-order valence-electron chi connectivity index (χ1n) is 5.05. The first kappa shape index (κ1) is 13.1. The summed E-state index contributed by atoms with van der Waals surface area (Å²) in [6.07, 6.45) is 1.09. The smallest absolute Gasteiger partial charge is 0.176 e. The third-order valence-corrected chi connectivity index (χ3v) is 3.60. The van der Waals surface area contributed by atoms with Crippen molar-refractivity contribution >= 4 is 21.4 Å². The highest BCUT2D eigenvalue weighted by Crippen LogP contribution is 2.26. The van der Waals surface area contributed by atoms with Gasteiger partial charge in [0.05, 0.1) is 4.90 Å². The van der Waals surface area contributed by atoms with E-state index < -0.39 is 9.84 Å². The van der Waals surface area contributed by atoms with E-state index in [1.165, 1.54) is 18.2 Å². The van der Waals surface area contributed by atoms with Crippen molar-refractivity contribution in [2.45, 2.75) is 4.90 Å². The minimum Gasteiger partial charge on any atom is -0.224 e. The Morgan fingerprint density at radius 1 is 1.17 bits per heavy atom. The molecule has 2 aromatic carbocycles. The summed E-state index contributed by atoms with van der Waals surface area (Å²) in [6, 6.07) is 11.4. The van der Waals surface area contributed by atoms with Crippen molar-refractivity contribution in [2.24, 2.45) is 0 Å². The second-order valence-electron chi connectivity index (χ2n) is 3.86. The van der Waals surface area contributed by atoms with E-state index in [1.54, 1.807) is 18.2 Å². The van der Waals surface area contributed by atoms with Crippen LogP contribution in [0.5, 0.6) is 0 Å². The Morgan fingerprint density at radius 2 is 1.78 bits per heavy atom. The molecule has 0 unspecified atom stereocenters. The lowest BCUT2D eigenvalue weighted by Crippen LogP contribution is -1.97. The molecule has 2 aromatic rings. The molecule has 18 heavy (non-hydrogen) atoms. The maximum atomic E-state index is 12.8. The van der Waals surface area contributed by atoms with Crippen molar-refractivity contribution < 1.29 is 12.8 Å². The molecule has 0 bridgehead atoms. The second kappa shape index (κ2) is 4.71. The predicted molar refractivity (Wildman–Crippen MR) is 68.8 cm³/mol. The highest BCUT2D eigenvalue weighted by Gasteiger charge is 2.11. The molecule has 93 valence electrons. The molecule has 0 saturated heterocycles. The molecule has 2 nitrogen and oxygen atoms in total. The largest absolute Gasteiger partial charge is 0.224 e. The average molecular weight is 284 g/mol. The van der Waals surface area contributed by atoms with Crippen LogP contribution >= 0.6 is 11.6 Å². The fourth-order valence-electron chi connectivity index (χ4n) is 1.49. The van der Waals surface area contributed by atoms with Crippen LogP contribution in [0.15, 0.2) is 41.3 Å². The topological polar surface area (TPSA) is 34.1 Å². The Balaban J connectivity index is 2.59. The van der Waals surface area contributed by atoms with Gasteiger partial charge < -0.3 is 0 Å². The minimum atomic E-state index is -3.38. The van der Waals surface area contributed by atoms with E-state index in [4.69, 9.17) is 11.6 Å². The van der Waals surface area contributed by atoms with Crippen LogP contribution in [0, 0.1) is 11.9 Å². The normalized spacial score (nSPS) is 11.5. The Morgan fingerprint density at radius 3 is 2.33 bits per heavy atom. The summed E-state index contributed by atoms with van der Waals surface area (Å²) in [5.74, 6) is -0.357. The van der Waals surface area contributed by atoms with Gasteiger partial charge >= 0.3 is 0 Å². The van der Waals surface area contributed by atoms with E-state index in [9.17, 15) is 12.8 Å². The van der Waals surface area contributed by atoms with Crippen molar-refractivity contribution in [1.29, 1.82) is 0 Å². The zero-order valence-electron chi connectivity index (χ0n) is 9.44. The summed E-state index contributed by atoms with van der Waals surface area (Å²) in [4.78, 5) is 0.0225. The molecule has 1 radical (unpaired) electrons. The number of sulfone groups is 1. The Bertz CT molecular complexity index is 679. The van der Waals surface area contributed by atoms with Gasteiger partial charge in [-0.2, -0.15) is 0 Å². The molecule has 5 heteroatoms. The quantitative estimate of drug-likeness (QED) is 0.847. The fourth-order valence-corrected chi connectivity index (χ4v) is 2.41. The van der Waals surface area contributed by atoms with Crippen LogP contribution in [0.1, 0.15) is 0 Å². The zero-order valence-corrected chi connectivity index (χ0v) is 11.0. The third-order valence-electron chi connectivity index (χ3n) is 2.36. The molecule has 0 aliphatic rings. The van der Waals surface area contributed by atoms with Crippen LogP contribution in [0.25, 0.3) is 11.1 Å². The number of hydrogen-bond donors (Lipinski definition) is 0. The Kier molecular flexibility index (Phi) is 3.41. The first-order chi connectivity index (χ1) is 8.36. The molecule has 0 aliphatic heterocycles. The molecule has 0 fully saturated rings. The molecule has 0 atom stereocenters. The van der Waals surface area contributed by atoms with Crippen LogP contribution in [0.2, 0.25) is 5.02 Å². The molecule has 0 amide bonds. The summed E-state index contributed by atoms with van der Waals surface area (Å²) in [7, 11) is -3.38. The van der Waals surface area contributed by atoms with Crippen molar-refractivity contribution in [3.05, 3.63) is 53.3 Å². The molecule has 0 heterocycles. The summed E-state index contributed by atoms with van der Waals surface area (Å²) in [5, 5.41) is 0.300. The molecular formula is C13H9ClFO2S. The standard InChI is InChI=1S/C13H9ClFO2S/c1-18(16,17)13-7-10(6-11(14)8-13)9-2-4-12(15)5-3-9/h2-6,8H,1H3. The predicted octanol–water partition coefficient (Wildman–Crippen LogP) is 3.35. The van der Waals surface area contributed by atoms with Gasteiger partial charge in [-0.25, -0.2) is 12.8 Å². The monoisotopic (exact) mass is 283 g/mol. The van der Waals surface area contributed by atoms with E-state index in [1.807, 2.05) is 0 Å². The van der Waals surface area contributed by atoms with E-state index in [0.717, 1.165) is 6.26 Å². The van der Waals surface area contributed by atoms with Crippen LogP contribution in [0.4, 0.5) is 4.39 Å². The lowest BCUT2D eigenvalue weighted by Gasteiger charge is -2.05. The van der Waals surface area contributed by atoms with E-state index in [0.29, 0.717) is 16.1 Å². The molecule has 0 aromatic heterocycles. The first-order valence-corrected chi connectivity index (χ1v) is 7.32. The van der Waals surface area contributed by atoms with Crippen LogP contribution in [-0.4, -0.2) is 14.7 Å². The van der Waals surface area contributed by atoms with Crippen molar-refractivity contribution in [3.63, 3.8) is 0 Å². The summed E-state index contributed by atoms with van der Waals surface area (Å²) in [5.41, 5.74) is 1.17. The number of hydrogen-bond acceptors (Lipinski definition) is 2. The Labute approximate surface area is 110 Å². The summed E-state index contributed by atoms with van der Waals surface area (Å²) in [6.45, 7) is 0. The third kappa shape index (κ3) is 2.89. The summed E-state index contributed by atoms with van der Waals surface area (Å²) >= 11 is 5.88. The maximum Gasteiger partial charge on any atom is 0.176 e. The van der Waals surface area contributed by atoms with Gasteiger partial charge in [0, 0.05) is 17.3 Å². The van der Waals surface area contributed by atoms with Crippen LogP contribution < -0.4 is 0 Å².